The van der Waals surface area contributed by atoms with Gasteiger partial charge in [-0.05, 0) is 49.8 Å². The van der Waals surface area contributed by atoms with Crippen LogP contribution in [0.3, 0.4) is 0 Å². The van der Waals surface area contributed by atoms with E-state index in [1.807, 2.05) is 12.1 Å². The molecule has 1 aromatic carbocycles. The van der Waals surface area contributed by atoms with Gasteiger partial charge in [0.15, 0.2) is 0 Å². The van der Waals surface area contributed by atoms with Gasteiger partial charge in [-0.3, -0.25) is 4.79 Å². The van der Waals surface area contributed by atoms with Crippen LogP contribution in [0.15, 0.2) is 24.3 Å². The minimum absolute atomic E-state index is 0.0957. The largest absolute Gasteiger partial charge is 0.381 e. The monoisotopic (exact) mass is 328 g/mol. The number of carbonyl (C=O) groups is 1. The molecule has 130 valence electrons. The van der Waals surface area contributed by atoms with Gasteiger partial charge in [-0.15, -0.1) is 0 Å². The van der Waals surface area contributed by atoms with E-state index < -0.39 is 0 Å². The van der Waals surface area contributed by atoms with E-state index in [1.165, 1.54) is 24.8 Å². The van der Waals surface area contributed by atoms with Crippen LogP contribution in [-0.2, 0) is 4.74 Å². The Labute approximate surface area is 144 Å². The Balaban J connectivity index is 1.34. The molecular formula is C20H28N2O2. The maximum atomic E-state index is 12.5. The van der Waals surface area contributed by atoms with Crippen molar-refractivity contribution >= 4 is 5.91 Å². The summed E-state index contributed by atoms with van der Waals surface area (Å²) in [5.41, 5.74) is 2.12. The first-order chi connectivity index (χ1) is 11.8. The van der Waals surface area contributed by atoms with E-state index in [4.69, 9.17) is 4.74 Å². The van der Waals surface area contributed by atoms with Crippen LogP contribution in [-0.4, -0.2) is 37.2 Å². The summed E-state index contributed by atoms with van der Waals surface area (Å²) >= 11 is 0. The second kappa shape index (κ2) is 7.24. The number of carbonyl (C=O) groups excluding carboxylic acids is 1. The van der Waals surface area contributed by atoms with E-state index in [0.717, 1.165) is 44.5 Å². The number of hydrogen-bond acceptors (Lipinski definition) is 3. The predicted octanol–water partition coefficient (Wildman–Crippen LogP) is 2.98. The molecule has 2 saturated carbocycles. The van der Waals surface area contributed by atoms with E-state index in [-0.39, 0.29) is 5.91 Å². The van der Waals surface area contributed by atoms with Gasteiger partial charge in [-0.25, -0.2) is 0 Å². The normalized spacial score (nSPS) is 28.0. The van der Waals surface area contributed by atoms with Crippen LogP contribution in [0.25, 0.3) is 0 Å². The lowest BCUT2D eigenvalue weighted by Gasteiger charge is -2.23. The molecular weight excluding hydrogens is 300 g/mol. The maximum absolute atomic E-state index is 12.5. The molecule has 2 atom stereocenters. The number of amides is 1. The second-order valence-electron chi connectivity index (χ2n) is 7.58. The van der Waals surface area contributed by atoms with Crippen LogP contribution < -0.4 is 10.6 Å². The van der Waals surface area contributed by atoms with E-state index in [1.54, 1.807) is 0 Å². The zero-order chi connectivity index (χ0) is 16.4. The Morgan fingerprint density at radius 2 is 1.83 bits per heavy atom. The van der Waals surface area contributed by atoms with Crippen LogP contribution in [0.4, 0.5) is 0 Å². The first kappa shape index (κ1) is 16.1. The number of nitrogens with one attached hydrogen (secondary N) is 2. The Hall–Kier alpha value is -1.39. The first-order valence-corrected chi connectivity index (χ1v) is 9.54. The second-order valence-corrected chi connectivity index (χ2v) is 7.58. The highest BCUT2D eigenvalue weighted by atomic mass is 16.5. The lowest BCUT2D eigenvalue weighted by atomic mass is 10.0. The number of ether oxygens (including phenoxy) is 1. The highest BCUT2D eigenvalue weighted by molar-refractivity contribution is 5.94. The third-order valence-electron chi connectivity index (χ3n) is 5.73. The summed E-state index contributed by atoms with van der Waals surface area (Å²) < 4.78 is 5.43. The lowest BCUT2D eigenvalue weighted by Crippen LogP contribution is -2.36. The van der Waals surface area contributed by atoms with Crippen molar-refractivity contribution in [3.05, 3.63) is 35.4 Å². The zero-order valence-electron chi connectivity index (χ0n) is 14.3. The minimum Gasteiger partial charge on any atom is -0.381 e. The molecule has 1 saturated heterocycles. The quantitative estimate of drug-likeness (QED) is 0.874. The summed E-state index contributed by atoms with van der Waals surface area (Å²) in [5.74, 6) is 0.658. The van der Waals surface area contributed by atoms with Crippen molar-refractivity contribution in [2.45, 2.75) is 69.0 Å². The molecule has 0 aromatic heterocycles. The molecule has 3 fully saturated rings. The van der Waals surface area contributed by atoms with Crippen LogP contribution in [0.2, 0.25) is 0 Å². The molecule has 1 amide bonds. The van der Waals surface area contributed by atoms with Gasteiger partial charge in [-0.2, -0.15) is 0 Å². The molecule has 0 bridgehead atoms. The summed E-state index contributed by atoms with van der Waals surface area (Å²) in [6.07, 6.45) is 8.17. The Bertz CT molecular complexity index is 577. The predicted molar refractivity (Wildman–Crippen MR) is 94.3 cm³/mol. The summed E-state index contributed by atoms with van der Waals surface area (Å²) in [4.78, 5) is 12.5. The van der Waals surface area contributed by atoms with Gasteiger partial charge in [0, 0.05) is 42.8 Å². The fraction of sp³-hybridized carbons (Fsp3) is 0.650. The minimum atomic E-state index is 0.0957. The van der Waals surface area contributed by atoms with Gasteiger partial charge >= 0.3 is 0 Å². The molecule has 2 N–H and O–H groups in total. The van der Waals surface area contributed by atoms with Crippen molar-refractivity contribution in [3.8, 4) is 0 Å². The lowest BCUT2D eigenvalue weighted by molar-refractivity contribution is 0.0774. The van der Waals surface area contributed by atoms with Crippen LogP contribution >= 0.6 is 0 Å². The molecule has 1 heterocycles. The molecule has 4 rings (SSSR count). The van der Waals surface area contributed by atoms with Gasteiger partial charge in [0.25, 0.3) is 5.91 Å². The summed E-state index contributed by atoms with van der Waals surface area (Å²) in [5, 5.41) is 6.96. The summed E-state index contributed by atoms with van der Waals surface area (Å²) in [7, 11) is 0. The molecule has 4 heteroatoms. The molecule has 24 heavy (non-hydrogen) atoms. The number of rotatable bonds is 5. The average molecular weight is 328 g/mol. The van der Waals surface area contributed by atoms with E-state index >= 15 is 0 Å². The van der Waals surface area contributed by atoms with Gasteiger partial charge in [0.2, 0.25) is 0 Å². The van der Waals surface area contributed by atoms with E-state index in [9.17, 15) is 4.79 Å². The van der Waals surface area contributed by atoms with Crippen molar-refractivity contribution < 1.29 is 9.53 Å². The van der Waals surface area contributed by atoms with E-state index in [0.29, 0.717) is 24.0 Å². The summed E-state index contributed by atoms with van der Waals surface area (Å²) in [6.45, 7) is 1.76. The molecule has 2 aliphatic carbocycles. The Morgan fingerprint density at radius 3 is 2.62 bits per heavy atom. The smallest absolute Gasteiger partial charge is 0.251 e. The van der Waals surface area contributed by atoms with Crippen LogP contribution in [0.5, 0.6) is 0 Å². The molecule has 1 aliphatic heterocycles. The van der Waals surface area contributed by atoms with Crippen molar-refractivity contribution in [1.29, 1.82) is 0 Å². The third kappa shape index (κ3) is 3.81. The van der Waals surface area contributed by atoms with Crippen molar-refractivity contribution in [3.63, 3.8) is 0 Å². The van der Waals surface area contributed by atoms with Crippen molar-refractivity contribution in [1.82, 2.24) is 10.6 Å². The molecule has 0 unspecified atom stereocenters. The molecule has 4 nitrogen and oxygen atoms in total. The highest BCUT2D eigenvalue weighted by Gasteiger charge is 2.39. The van der Waals surface area contributed by atoms with Crippen LogP contribution in [0.1, 0.15) is 66.8 Å². The van der Waals surface area contributed by atoms with Crippen molar-refractivity contribution in [2.24, 2.45) is 0 Å². The van der Waals surface area contributed by atoms with Crippen LogP contribution in [0, 0.1) is 0 Å². The molecule has 1 aromatic rings. The van der Waals surface area contributed by atoms with Crippen molar-refractivity contribution in [2.75, 3.05) is 13.2 Å². The first-order valence-electron chi connectivity index (χ1n) is 9.54. The number of hydrogen-bond donors (Lipinski definition) is 2. The van der Waals surface area contributed by atoms with E-state index in [2.05, 4.69) is 22.8 Å². The Morgan fingerprint density at radius 1 is 1.04 bits per heavy atom. The van der Waals surface area contributed by atoms with Gasteiger partial charge in [0.1, 0.15) is 0 Å². The zero-order valence-corrected chi connectivity index (χ0v) is 14.3. The fourth-order valence-electron chi connectivity index (χ4n) is 4.16. The standard InChI is InChI=1S/C20H28N2O2/c23-20(22-16-6-1-2-7-16)15-5-3-4-14(12-15)18-13-19(18)21-17-8-10-24-11-9-17/h3-5,12,16-19,21H,1-2,6-11,13H2,(H,22,23)/t18-,19+/m0/s1/i16+0. The molecule has 3 aliphatic rings. The maximum Gasteiger partial charge on any atom is 0.251 e. The highest BCUT2D eigenvalue weighted by Crippen LogP contribution is 2.41. The Kier molecular flexibility index (Phi) is 4.86. The SMILES string of the molecule is O=C(N[12CH]1CCCC1)c1cccc([C@@H]2C[C@H]2NC2CCOCC2)c1. The van der Waals surface area contributed by atoms with Gasteiger partial charge in [-0.1, -0.05) is 25.0 Å². The third-order valence-corrected chi connectivity index (χ3v) is 5.73. The van der Waals surface area contributed by atoms with Gasteiger partial charge in [0.05, 0.1) is 0 Å². The fourth-order valence-corrected chi connectivity index (χ4v) is 4.16. The topological polar surface area (TPSA) is 50.4 Å². The molecule has 0 radical (unpaired) electrons. The van der Waals surface area contributed by atoms with Gasteiger partial charge < -0.3 is 15.4 Å². The number of benzene rings is 1. The average Bonchev–Trinajstić information content (AvgIpc) is 3.19. The summed E-state index contributed by atoms with van der Waals surface area (Å²) in [6, 6.07) is 9.79. The molecule has 0 spiro atoms.